The van der Waals surface area contributed by atoms with Gasteiger partial charge in [-0.2, -0.15) is 0 Å². The molecule has 0 radical (unpaired) electrons. The van der Waals surface area contributed by atoms with E-state index in [4.69, 9.17) is 0 Å². The summed E-state index contributed by atoms with van der Waals surface area (Å²) in [6, 6.07) is 6.98. The number of nitrogens with zero attached hydrogens (tertiary/aromatic N) is 2. The Balaban J connectivity index is 1.67. The topological polar surface area (TPSA) is 33.2 Å². The first-order valence-electron chi connectivity index (χ1n) is 8.69. The largest absolute Gasteiger partial charge is 0.334 e. The summed E-state index contributed by atoms with van der Waals surface area (Å²) >= 11 is 0. The molecule has 130 valence electrons. The second kappa shape index (κ2) is 6.21. The van der Waals surface area contributed by atoms with Gasteiger partial charge in [-0.25, -0.2) is 8.78 Å². The molecule has 2 fully saturated rings. The van der Waals surface area contributed by atoms with E-state index in [1.807, 2.05) is 6.07 Å². The van der Waals surface area contributed by atoms with E-state index in [-0.39, 0.29) is 11.8 Å². The summed E-state index contributed by atoms with van der Waals surface area (Å²) in [5.41, 5.74) is 1.34. The molecule has 2 saturated carbocycles. The van der Waals surface area contributed by atoms with Crippen molar-refractivity contribution in [1.82, 2.24) is 9.88 Å². The number of amides is 1. The van der Waals surface area contributed by atoms with Crippen molar-refractivity contribution in [2.45, 2.75) is 25.3 Å². The molecule has 5 heteroatoms. The highest BCUT2D eigenvalue weighted by atomic mass is 19.2. The summed E-state index contributed by atoms with van der Waals surface area (Å²) in [6.07, 6.45) is 6.77. The number of hydrogen-bond acceptors (Lipinski definition) is 2. The molecule has 1 aromatic carbocycles. The van der Waals surface area contributed by atoms with Gasteiger partial charge in [0.05, 0.1) is 6.04 Å². The highest BCUT2D eigenvalue weighted by molar-refractivity contribution is 5.83. The smallest absolute Gasteiger partial charge is 0.226 e. The summed E-state index contributed by atoms with van der Waals surface area (Å²) in [5, 5.41) is 0. The standard InChI is InChI=1S/C20H20F2N2O/c1-24(20(25)18-14-5-2-6-15(14)18)19(13-4-3-9-23-11-13)12-7-8-16(21)17(22)10-12/h3-4,7-11,14-15,18-19H,2,5-6H2,1H3/t14-,15+,18?,19-/m0/s1. The first-order chi connectivity index (χ1) is 12.1. The minimum Gasteiger partial charge on any atom is -0.334 e. The SMILES string of the molecule is CN(C(=O)C1[C@H]2CCC[C@@H]12)[C@H](c1cccnc1)c1ccc(F)c(F)c1. The minimum atomic E-state index is -0.907. The van der Waals surface area contributed by atoms with Gasteiger partial charge in [0.25, 0.3) is 0 Å². The Hall–Kier alpha value is -2.30. The van der Waals surface area contributed by atoms with Crippen LogP contribution in [0.15, 0.2) is 42.7 Å². The Kier molecular flexibility index (Phi) is 4.02. The van der Waals surface area contributed by atoms with Crippen LogP contribution in [-0.2, 0) is 4.79 Å². The van der Waals surface area contributed by atoms with Crippen LogP contribution >= 0.6 is 0 Å². The van der Waals surface area contributed by atoms with E-state index in [2.05, 4.69) is 4.98 Å². The van der Waals surface area contributed by atoms with Crippen molar-refractivity contribution in [3.05, 3.63) is 65.5 Å². The summed E-state index contributed by atoms with van der Waals surface area (Å²) in [7, 11) is 1.75. The maximum Gasteiger partial charge on any atom is 0.226 e. The minimum absolute atomic E-state index is 0.0863. The summed E-state index contributed by atoms with van der Waals surface area (Å²) in [6.45, 7) is 0. The van der Waals surface area contributed by atoms with Crippen LogP contribution in [0.4, 0.5) is 8.78 Å². The zero-order chi connectivity index (χ0) is 17.6. The fourth-order valence-corrected chi connectivity index (χ4v) is 4.41. The monoisotopic (exact) mass is 342 g/mol. The van der Waals surface area contributed by atoms with Crippen molar-refractivity contribution in [2.24, 2.45) is 17.8 Å². The molecule has 0 N–H and O–H groups in total. The predicted molar refractivity (Wildman–Crippen MR) is 89.5 cm³/mol. The van der Waals surface area contributed by atoms with Crippen molar-refractivity contribution < 1.29 is 13.6 Å². The predicted octanol–water partition coefficient (Wildman–Crippen LogP) is 3.95. The highest BCUT2D eigenvalue weighted by Crippen LogP contribution is 2.58. The second-order valence-corrected chi connectivity index (χ2v) is 7.10. The molecule has 25 heavy (non-hydrogen) atoms. The third-order valence-corrected chi connectivity index (χ3v) is 5.69. The molecule has 0 aliphatic heterocycles. The Labute approximate surface area is 145 Å². The number of rotatable bonds is 4. The van der Waals surface area contributed by atoms with Crippen molar-refractivity contribution in [1.29, 1.82) is 0 Å². The van der Waals surface area contributed by atoms with Gasteiger partial charge in [-0.15, -0.1) is 0 Å². The third kappa shape index (κ3) is 2.81. The molecular formula is C20H20F2N2O. The average molecular weight is 342 g/mol. The Bertz CT molecular complexity index is 786. The lowest BCUT2D eigenvalue weighted by Crippen LogP contribution is -2.34. The maximum absolute atomic E-state index is 13.8. The van der Waals surface area contributed by atoms with Crippen molar-refractivity contribution in [3.8, 4) is 0 Å². The van der Waals surface area contributed by atoms with Crippen LogP contribution < -0.4 is 0 Å². The van der Waals surface area contributed by atoms with Crippen LogP contribution in [0.5, 0.6) is 0 Å². The molecule has 1 aromatic heterocycles. The van der Waals surface area contributed by atoms with Crippen LogP contribution in [0.2, 0.25) is 0 Å². The number of carbonyl (C=O) groups excluding carboxylic acids is 1. The number of carbonyl (C=O) groups is 1. The van der Waals surface area contributed by atoms with Crippen molar-refractivity contribution in [2.75, 3.05) is 7.05 Å². The lowest BCUT2D eigenvalue weighted by molar-refractivity contribution is -0.133. The zero-order valence-corrected chi connectivity index (χ0v) is 14.0. The lowest BCUT2D eigenvalue weighted by atomic mass is 9.97. The molecule has 0 saturated heterocycles. The van der Waals surface area contributed by atoms with Crippen molar-refractivity contribution in [3.63, 3.8) is 0 Å². The van der Waals surface area contributed by atoms with Crippen molar-refractivity contribution >= 4 is 5.91 Å². The molecule has 4 rings (SSSR count). The molecule has 3 nitrogen and oxygen atoms in total. The number of hydrogen-bond donors (Lipinski definition) is 0. The number of fused-ring (bicyclic) bond motifs is 1. The van der Waals surface area contributed by atoms with E-state index in [1.165, 1.54) is 18.6 Å². The van der Waals surface area contributed by atoms with Crippen LogP contribution in [0.25, 0.3) is 0 Å². The molecule has 2 aliphatic carbocycles. The summed E-state index contributed by atoms with van der Waals surface area (Å²) in [5.74, 6) is -0.602. The normalized spacial score (nSPS) is 25.3. The Morgan fingerprint density at radius 1 is 1.16 bits per heavy atom. The molecule has 1 amide bonds. The number of aromatic nitrogens is 1. The van der Waals surface area contributed by atoms with E-state index in [0.717, 1.165) is 24.5 Å². The molecule has 0 bridgehead atoms. The maximum atomic E-state index is 13.8. The highest BCUT2D eigenvalue weighted by Gasteiger charge is 2.57. The van der Waals surface area contributed by atoms with E-state index in [1.54, 1.807) is 30.4 Å². The molecule has 2 aliphatic rings. The second-order valence-electron chi connectivity index (χ2n) is 7.10. The third-order valence-electron chi connectivity index (χ3n) is 5.69. The first-order valence-corrected chi connectivity index (χ1v) is 8.69. The summed E-state index contributed by atoms with van der Waals surface area (Å²) in [4.78, 5) is 18.8. The molecule has 1 unspecified atom stereocenters. The Morgan fingerprint density at radius 2 is 1.92 bits per heavy atom. The van der Waals surface area contributed by atoms with Gasteiger partial charge in [-0.1, -0.05) is 18.6 Å². The zero-order valence-electron chi connectivity index (χ0n) is 14.0. The number of halogens is 2. The fraction of sp³-hybridized carbons (Fsp3) is 0.400. The van der Waals surface area contributed by atoms with E-state index in [0.29, 0.717) is 17.4 Å². The quantitative estimate of drug-likeness (QED) is 0.843. The van der Waals surface area contributed by atoms with Gasteiger partial charge in [0.15, 0.2) is 11.6 Å². The van der Waals surface area contributed by atoms with Gasteiger partial charge >= 0.3 is 0 Å². The van der Waals surface area contributed by atoms with Gasteiger partial charge in [-0.05, 0) is 54.0 Å². The average Bonchev–Trinajstić information content (AvgIpc) is 3.09. The van der Waals surface area contributed by atoms with Gasteiger partial charge in [0.2, 0.25) is 5.91 Å². The number of pyridine rings is 1. The molecule has 0 spiro atoms. The molecular weight excluding hydrogens is 322 g/mol. The van der Waals surface area contributed by atoms with Crippen LogP contribution in [-0.4, -0.2) is 22.8 Å². The molecule has 4 atom stereocenters. The lowest BCUT2D eigenvalue weighted by Gasteiger charge is -2.29. The van der Waals surface area contributed by atoms with Gasteiger partial charge in [-0.3, -0.25) is 9.78 Å². The van der Waals surface area contributed by atoms with Crippen LogP contribution in [0, 0.1) is 29.4 Å². The number of benzene rings is 1. The first kappa shape index (κ1) is 16.2. The fourth-order valence-electron chi connectivity index (χ4n) is 4.41. The van der Waals surface area contributed by atoms with Gasteiger partial charge in [0, 0.05) is 25.4 Å². The van der Waals surface area contributed by atoms with E-state index >= 15 is 0 Å². The molecule has 1 heterocycles. The van der Waals surface area contributed by atoms with Gasteiger partial charge in [0.1, 0.15) is 0 Å². The van der Waals surface area contributed by atoms with E-state index < -0.39 is 17.7 Å². The van der Waals surface area contributed by atoms with Crippen LogP contribution in [0.1, 0.15) is 36.4 Å². The van der Waals surface area contributed by atoms with E-state index in [9.17, 15) is 13.6 Å². The Morgan fingerprint density at radius 3 is 2.56 bits per heavy atom. The van der Waals surface area contributed by atoms with Crippen LogP contribution in [0.3, 0.4) is 0 Å². The molecule has 2 aromatic rings. The van der Waals surface area contributed by atoms with Gasteiger partial charge < -0.3 is 4.90 Å². The summed E-state index contributed by atoms with van der Waals surface area (Å²) < 4.78 is 27.1.